The van der Waals surface area contributed by atoms with E-state index in [0.29, 0.717) is 6.54 Å². The maximum Gasteiger partial charge on any atom is 0.315 e. The number of nitrogens with one attached hydrogen (secondary N) is 2. The fourth-order valence-electron chi connectivity index (χ4n) is 2.63. The van der Waals surface area contributed by atoms with E-state index in [0.717, 1.165) is 24.7 Å². The number of carbonyl (C=O) groups is 1. The summed E-state index contributed by atoms with van der Waals surface area (Å²) in [4.78, 5) is 11.5. The van der Waals surface area contributed by atoms with Crippen LogP contribution in [0, 0.1) is 11.8 Å². The summed E-state index contributed by atoms with van der Waals surface area (Å²) >= 11 is 0. The molecule has 0 aliphatic heterocycles. The van der Waals surface area contributed by atoms with Crippen molar-refractivity contribution in [1.29, 1.82) is 0 Å². The second-order valence-corrected chi connectivity index (χ2v) is 6.43. The summed E-state index contributed by atoms with van der Waals surface area (Å²) in [5, 5.41) is 5.71. The highest BCUT2D eigenvalue weighted by atomic mass is 16.2. The summed E-state index contributed by atoms with van der Waals surface area (Å²) in [6.07, 6.45) is 4.39. The predicted molar refractivity (Wildman–Crippen MR) is 75.4 cm³/mol. The van der Waals surface area contributed by atoms with Gasteiger partial charge >= 0.3 is 6.03 Å². The van der Waals surface area contributed by atoms with Crippen molar-refractivity contribution in [1.82, 2.24) is 10.6 Å². The normalized spacial score (nSPS) is 28.5. The molecule has 0 aromatic carbocycles. The first-order valence-corrected chi connectivity index (χ1v) is 7.15. The third kappa shape index (κ3) is 4.84. The molecule has 4 nitrogen and oxygen atoms in total. The van der Waals surface area contributed by atoms with Crippen molar-refractivity contribution >= 4 is 6.03 Å². The largest absolute Gasteiger partial charge is 0.336 e. The van der Waals surface area contributed by atoms with E-state index in [4.69, 9.17) is 5.73 Å². The number of rotatable bonds is 4. The molecular formula is C14H29N3O. The second-order valence-electron chi connectivity index (χ2n) is 6.43. The predicted octanol–water partition coefficient (Wildman–Crippen LogP) is 2.24. The lowest BCUT2D eigenvalue weighted by Gasteiger charge is -2.38. The van der Waals surface area contributed by atoms with Gasteiger partial charge in [-0.05, 0) is 51.4 Å². The Morgan fingerprint density at radius 2 is 1.83 bits per heavy atom. The van der Waals surface area contributed by atoms with Crippen LogP contribution < -0.4 is 16.4 Å². The van der Waals surface area contributed by atoms with Gasteiger partial charge in [0.25, 0.3) is 0 Å². The molecule has 0 bridgehead atoms. The van der Waals surface area contributed by atoms with Crippen molar-refractivity contribution in [2.24, 2.45) is 17.6 Å². The molecular weight excluding hydrogens is 226 g/mol. The third-order valence-electron chi connectivity index (χ3n) is 3.99. The van der Waals surface area contributed by atoms with Crippen molar-refractivity contribution in [3.05, 3.63) is 0 Å². The molecule has 1 fully saturated rings. The van der Waals surface area contributed by atoms with E-state index in [9.17, 15) is 4.79 Å². The highest BCUT2D eigenvalue weighted by molar-refractivity contribution is 5.74. The second kappa shape index (κ2) is 6.41. The van der Waals surface area contributed by atoms with E-state index in [1.807, 2.05) is 13.8 Å². The minimum Gasteiger partial charge on any atom is -0.336 e. The molecule has 0 unspecified atom stereocenters. The lowest BCUT2D eigenvalue weighted by Crippen LogP contribution is -2.54. The molecule has 0 radical (unpaired) electrons. The highest BCUT2D eigenvalue weighted by Gasteiger charge is 2.32. The van der Waals surface area contributed by atoms with Crippen LogP contribution in [0.4, 0.5) is 4.79 Å². The van der Waals surface area contributed by atoms with Gasteiger partial charge in [0.15, 0.2) is 0 Å². The minimum atomic E-state index is -0.209. The van der Waals surface area contributed by atoms with Gasteiger partial charge in [0.1, 0.15) is 0 Å². The van der Waals surface area contributed by atoms with E-state index in [1.54, 1.807) is 0 Å². The quantitative estimate of drug-likeness (QED) is 0.721. The van der Waals surface area contributed by atoms with Crippen LogP contribution in [0.1, 0.15) is 53.4 Å². The molecule has 2 amide bonds. The SMILES string of the molecule is CC(C)NC(=O)NCC1(N)CCC(C(C)C)CC1. The van der Waals surface area contributed by atoms with Crippen LogP contribution >= 0.6 is 0 Å². The Morgan fingerprint density at radius 1 is 1.28 bits per heavy atom. The van der Waals surface area contributed by atoms with Gasteiger partial charge in [-0.25, -0.2) is 4.79 Å². The molecule has 18 heavy (non-hydrogen) atoms. The molecule has 106 valence electrons. The zero-order valence-electron chi connectivity index (χ0n) is 12.3. The van der Waals surface area contributed by atoms with E-state index >= 15 is 0 Å². The van der Waals surface area contributed by atoms with Crippen molar-refractivity contribution in [2.45, 2.75) is 65.0 Å². The Morgan fingerprint density at radius 3 is 2.28 bits per heavy atom. The van der Waals surface area contributed by atoms with E-state index in [2.05, 4.69) is 24.5 Å². The molecule has 0 saturated heterocycles. The molecule has 0 atom stereocenters. The van der Waals surface area contributed by atoms with Crippen molar-refractivity contribution < 1.29 is 4.79 Å². The maximum atomic E-state index is 11.5. The van der Waals surface area contributed by atoms with Crippen LogP contribution in [0.15, 0.2) is 0 Å². The minimum absolute atomic E-state index is 0.110. The highest BCUT2D eigenvalue weighted by Crippen LogP contribution is 2.34. The van der Waals surface area contributed by atoms with Crippen molar-refractivity contribution in [3.8, 4) is 0 Å². The van der Waals surface area contributed by atoms with Gasteiger partial charge in [-0.2, -0.15) is 0 Å². The van der Waals surface area contributed by atoms with Gasteiger partial charge in [0.05, 0.1) is 0 Å². The summed E-state index contributed by atoms with van der Waals surface area (Å²) in [7, 11) is 0. The van der Waals surface area contributed by atoms with Gasteiger partial charge in [0, 0.05) is 18.1 Å². The van der Waals surface area contributed by atoms with Crippen molar-refractivity contribution in [3.63, 3.8) is 0 Å². The molecule has 0 aromatic heterocycles. The monoisotopic (exact) mass is 255 g/mol. The molecule has 0 heterocycles. The van der Waals surface area contributed by atoms with Crippen molar-refractivity contribution in [2.75, 3.05) is 6.54 Å². The number of urea groups is 1. The zero-order valence-corrected chi connectivity index (χ0v) is 12.3. The fraction of sp³-hybridized carbons (Fsp3) is 0.929. The average Bonchev–Trinajstić information content (AvgIpc) is 2.26. The Kier molecular flexibility index (Phi) is 5.45. The Labute approximate surface area is 111 Å². The molecule has 0 aromatic rings. The number of hydrogen-bond donors (Lipinski definition) is 3. The first kappa shape index (κ1) is 15.3. The van der Waals surface area contributed by atoms with Gasteiger partial charge < -0.3 is 16.4 Å². The number of hydrogen-bond acceptors (Lipinski definition) is 2. The smallest absolute Gasteiger partial charge is 0.315 e. The maximum absolute atomic E-state index is 11.5. The number of nitrogens with two attached hydrogens (primary N) is 1. The van der Waals surface area contributed by atoms with Crippen LogP contribution in [0.25, 0.3) is 0 Å². The van der Waals surface area contributed by atoms with Crippen LogP contribution in [-0.2, 0) is 0 Å². The van der Waals surface area contributed by atoms with Crippen LogP contribution in [-0.4, -0.2) is 24.2 Å². The molecule has 4 heteroatoms. The van der Waals surface area contributed by atoms with Gasteiger partial charge in [-0.1, -0.05) is 13.8 Å². The zero-order chi connectivity index (χ0) is 13.8. The molecule has 1 rings (SSSR count). The third-order valence-corrected chi connectivity index (χ3v) is 3.99. The summed E-state index contributed by atoms with van der Waals surface area (Å²) in [6.45, 7) is 9.04. The number of carbonyl (C=O) groups excluding carboxylic acids is 1. The summed E-state index contributed by atoms with van der Waals surface area (Å²) in [5.41, 5.74) is 6.15. The Hall–Kier alpha value is -0.770. The summed E-state index contributed by atoms with van der Waals surface area (Å²) in [6, 6.07) is 0.0520. The fourth-order valence-corrected chi connectivity index (χ4v) is 2.63. The van der Waals surface area contributed by atoms with Gasteiger partial charge in [0.2, 0.25) is 0 Å². The van der Waals surface area contributed by atoms with E-state index in [-0.39, 0.29) is 17.6 Å². The summed E-state index contributed by atoms with van der Waals surface area (Å²) < 4.78 is 0. The molecule has 0 spiro atoms. The lowest BCUT2D eigenvalue weighted by atomic mass is 9.73. The summed E-state index contributed by atoms with van der Waals surface area (Å²) in [5.74, 6) is 1.54. The molecule has 1 aliphatic carbocycles. The van der Waals surface area contributed by atoms with Crippen LogP contribution in [0.3, 0.4) is 0 Å². The lowest BCUT2D eigenvalue weighted by molar-refractivity contribution is 0.188. The van der Waals surface area contributed by atoms with Crippen LogP contribution in [0.2, 0.25) is 0 Å². The van der Waals surface area contributed by atoms with E-state index in [1.165, 1.54) is 12.8 Å². The van der Waals surface area contributed by atoms with Gasteiger partial charge in [-0.3, -0.25) is 0 Å². The first-order valence-electron chi connectivity index (χ1n) is 7.15. The molecule has 1 saturated carbocycles. The standard InChI is InChI=1S/C14H29N3O/c1-10(2)12-5-7-14(15,8-6-12)9-16-13(18)17-11(3)4/h10-12H,5-9,15H2,1-4H3,(H2,16,17,18). The topological polar surface area (TPSA) is 67.2 Å². The van der Waals surface area contributed by atoms with Gasteiger partial charge in [-0.15, -0.1) is 0 Å². The Balaban J connectivity index is 2.32. The average molecular weight is 255 g/mol. The molecule has 4 N–H and O–H groups in total. The van der Waals surface area contributed by atoms with E-state index < -0.39 is 0 Å². The molecule has 1 aliphatic rings. The van der Waals surface area contributed by atoms with Crippen LogP contribution in [0.5, 0.6) is 0 Å². The Bertz CT molecular complexity index is 268. The first-order chi connectivity index (χ1) is 8.32. The number of amides is 2.